The maximum Gasteiger partial charge on any atom is 0.262 e. The van der Waals surface area contributed by atoms with Crippen molar-refractivity contribution >= 4 is 23.2 Å². The Morgan fingerprint density at radius 2 is 1.96 bits per heavy atom. The summed E-state index contributed by atoms with van der Waals surface area (Å²) in [4.78, 5) is 24.6. The molecule has 3 aromatic heterocycles. The van der Waals surface area contributed by atoms with Crippen molar-refractivity contribution in [2.75, 3.05) is 13.7 Å². The molecule has 4 rings (SSSR count). The monoisotopic (exact) mass is 372 g/mol. The molecule has 0 bridgehead atoms. The van der Waals surface area contributed by atoms with Gasteiger partial charge in [0.05, 0.1) is 30.6 Å². The van der Waals surface area contributed by atoms with Crippen LogP contribution in [0.4, 0.5) is 0 Å². The van der Waals surface area contributed by atoms with Crippen LogP contribution in [0, 0.1) is 0 Å². The fourth-order valence-electron chi connectivity index (χ4n) is 3.00. The number of ether oxygens (including phenoxy) is 1. The molecule has 0 fully saturated rings. The molecular weight excluding hydrogens is 352 g/mol. The molecular formula is C22H20N4O2. The molecule has 140 valence electrons. The van der Waals surface area contributed by atoms with Crippen LogP contribution in [0.3, 0.4) is 0 Å². The number of nitrogens with zero attached hydrogens (tertiary/aromatic N) is 3. The number of pyridine rings is 1. The van der Waals surface area contributed by atoms with E-state index in [2.05, 4.69) is 15.0 Å². The molecule has 6 nitrogen and oxygen atoms in total. The minimum Gasteiger partial charge on any atom is -0.383 e. The Bertz CT molecular complexity index is 1180. The van der Waals surface area contributed by atoms with E-state index in [0.717, 1.165) is 22.5 Å². The number of rotatable bonds is 6. The summed E-state index contributed by atoms with van der Waals surface area (Å²) >= 11 is 0. The molecule has 0 atom stereocenters. The summed E-state index contributed by atoms with van der Waals surface area (Å²) in [5.41, 5.74) is 4.23. The van der Waals surface area contributed by atoms with Gasteiger partial charge in [-0.15, -0.1) is 0 Å². The largest absolute Gasteiger partial charge is 0.383 e. The van der Waals surface area contributed by atoms with Crippen LogP contribution < -0.4 is 5.56 Å². The number of H-pyrrole nitrogens is 1. The lowest BCUT2D eigenvalue weighted by molar-refractivity contribution is 0.186. The third kappa shape index (κ3) is 3.77. The predicted octanol–water partition coefficient (Wildman–Crippen LogP) is 3.60. The van der Waals surface area contributed by atoms with E-state index >= 15 is 0 Å². The summed E-state index contributed by atoms with van der Waals surface area (Å²) in [6, 6.07) is 15.8. The van der Waals surface area contributed by atoms with Crippen molar-refractivity contribution in [1.29, 1.82) is 0 Å². The average Bonchev–Trinajstić information content (AvgIpc) is 3.18. The number of benzene rings is 1. The molecule has 6 heteroatoms. The van der Waals surface area contributed by atoms with E-state index in [1.807, 2.05) is 60.7 Å². The smallest absolute Gasteiger partial charge is 0.262 e. The molecule has 0 amide bonds. The first kappa shape index (κ1) is 17.9. The number of hydrogen-bond acceptors (Lipinski definition) is 4. The van der Waals surface area contributed by atoms with Gasteiger partial charge in [0.15, 0.2) is 0 Å². The molecule has 0 aliphatic heterocycles. The number of hydrogen-bond donors (Lipinski definition) is 1. The van der Waals surface area contributed by atoms with Crippen LogP contribution in [0.25, 0.3) is 34.4 Å². The first-order valence-electron chi connectivity index (χ1n) is 9.01. The Kier molecular flexibility index (Phi) is 5.12. The van der Waals surface area contributed by atoms with Gasteiger partial charge in [-0.05, 0) is 29.8 Å². The van der Waals surface area contributed by atoms with Crippen molar-refractivity contribution in [2.24, 2.45) is 0 Å². The summed E-state index contributed by atoms with van der Waals surface area (Å²) in [7, 11) is 1.61. The Morgan fingerprint density at radius 1 is 1.11 bits per heavy atom. The van der Waals surface area contributed by atoms with E-state index in [-0.39, 0.29) is 5.56 Å². The van der Waals surface area contributed by atoms with Gasteiger partial charge in [0, 0.05) is 24.6 Å². The lowest BCUT2D eigenvalue weighted by Gasteiger charge is -2.03. The second-order valence-corrected chi connectivity index (χ2v) is 6.39. The third-order valence-corrected chi connectivity index (χ3v) is 4.49. The lowest BCUT2D eigenvalue weighted by Crippen LogP contribution is -2.22. The summed E-state index contributed by atoms with van der Waals surface area (Å²) in [5.74, 6) is 0. The Morgan fingerprint density at radius 3 is 2.79 bits per heavy atom. The van der Waals surface area contributed by atoms with Gasteiger partial charge in [0.1, 0.15) is 5.65 Å². The van der Waals surface area contributed by atoms with Crippen molar-refractivity contribution in [1.82, 2.24) is 19.5 Å². The van der Waals surface area contributed by atoms with Gasteiger partial charge in [-0.2, -0.15) is 0 Å². The standard InChI is InChI=1S/C22H20N4O2/c1-28-12-11-26-15-24-21-19(22(26)27)14-20(25-21)17-9-10-23-18(13-17)8-7-16-5-3-2-4-6-16/h2-10,13-15,25H,11-12H2,1H3/b8-7+. The SMILES string of the molecule is COCCn1cnc2[nH]c(-c3ccnc(/C=C/c4ccccc4)c3)cc2c1=O. The van der Waals surface area contributed by atoms with E-state index in [4.69, 9.17) is 4.74 Å². The zero-order valence-corrected chi connectivity index (χ0v) is 15.5. The minimum atomic E-state index is -0.0807. The van der Waals surface area contributed by atoms with E-state index in [9.17, 15) is 4.79 Å². The van der Waals surface area contributed by atoms with Crippen molar-refractivity contribution in [3.63, 3.8) is 0 Å². The first-order chi connectivity index (χ1) is 13.7. The van der Waals surface area contributed by atoms with Crippen LogP contribution in [0.1, 0.15) is 11.3 Å². The van der Waals surface area contributed by atoms with E-state index < -0.39 is 0 Å². The van der Waals surface area contributed by atoms with Gasteiger partial charge in [0.25, 0.3) is 5.56 Å². The highest BCUT2D eigenvalue weighted by Crippen LogP contribution is 2.22. The van der Waals surface area contributed by atoms with E-state index in [0.29, 0.717) is 24.2 Å². The highest BCUT2D eigenvalue weighted by Gasteiger charge is 2.10. The number of aromatic amines is 1. The van der Waals surface area contributed by atoms with Crippen molar-refractivity contribution < 1.29 is 4.74 Å². The summed E-state index contributed by atoms with van der Waals surface area (Å²) in [6.07, 6.45) is 7.30. The summed E-state index contributed by atoms with van der Waals surface area (Å²) in [6.45, 7) is 0.939. The Hall–Kier alpha value is -3.51. The highest BCUT2D eigenvalue weighted by molar-refractivity contribution is 5.82. The van der Waals surface area contributed by atoms with Gasteiger partial charge in [-0.25, -0.2) is 4.98 Å². The first-order valence-corrected chi connectivity index (χ1v) is 9.01. The van der Waals surface area contributed by atoms with Gasteiger partial charge in [0.2, 0.25) is 0 Å². The summed E-state index contributed by atoms with van der Waals surface area (Å²) in [5, 5.41) is 0.562. The van der Waals surface area contributed by atoms with Gasteiger partial charge >= 0.3 is 0 Å². The highest BCUT2D eigenvalue weighted by atomic mass is 16.5. The Balaban J connectivity index is 1.65. The second kappa shape index (κ2) is 8.02. The second-order valence-electron chi connectivity index (χ2n) is 6.39. The molecule has 1 N–H and O–H groups in total. The predicted molar refractivity (Wildman–Crippen MR) is 111 cm³/mol. The molecule has 4 aromatic rings. The summed E-state index contributed by atoms with van der Waals surface area (Å²) < 4.78 is 6.61. The van der Waals surface area contributed by atoms with Crippen LogP contribution in [0.5, 0.6) is 0 Å². The van der Waals surface area contributed by atoms with E-state index in [1.165, 1.54) is 0 Å². The van der Waals surface area contributed by atoms with Crippen LogP contribution >= 0.6 is 0 Å². The average molecular weight is 372 g/mol. The number of fused-ring (bicyclic) bond motifs is 1. The molecule has 0 saturated carbocycles. The van der Waals surface area contributed by atoms with Crippen LogP contribution in [0.2, 0.25) is 0 Å². The maximum absolute atomic E-state index is 12.6. The lowest BCUT2D eigenvalue weighted by atomic mass is 10.1. The maximum atomic E-state index is 12.6. The topological polar surface area (TPSA) is 72.8 Å². The normalized spacial score (nSPS) is 11.5. The molecule has 0 aliphatic carbocycles. The fraction of sp³-hybridized carbons (Fsp3) is 0.136. The molecule has 1 aromatic carbocycles. The van der Waals surface area contributed by atoms with Gasteiger partial charge in [-0.3, -0.25) is 14.3 Å². The van der Waals surface area contributed by atoms with Crippen molar-refractivity contribution in [3.05, 3.63) is 82.7 Å². The zero-order valence-electron chi connectivity index (χ0n) is 15.5. The van der Waals surface area contributed by atoms with Crippen LogP contribution in [0.15, 0.2) is 65.8 Å². The fourth-order valence-corrected chi connectivity index (χ4v) is 3.00. The minimum absolute atomic E-state index is 0.0807. The van der Waals surface area contributed by atoms with Crippen LogP contribution in [-0.4, -0.2) is 33.2 Å². The van der Waals surface area contributed by atoms with Crippen molar-refractivity contribution in [3.8, 4) is 11.3 Å². The Labute approximate surface area is 162 Å². The number of aromatic nitrogens is 4. The van der Waals surface area contributed by atoms with Gasteiger partial charge < -0.3 is 9.72 Å². The van der Waals surface area contributed by atoms with Crippen LogP contribution in [-0.2, 0) is 11.3 Å². The molecule has 0 aliphatic rings. The zero-order chi connectivity index (χ0) is 19.3. The molecule has 0 unspecified atom stereocenters. The number of nitrogens with one attached hydrogen (secondary N) is 1. The van der Waals surface area contributed by atoms with E-state index in [1.54, 1.807) is 24.2 Å². The number of methoxy groups -OCH3 is 1. The quantitative estimate of drug-likeness (QED) is 0.561. The molecule has 0 saturated heterocycles. The van der Waals surface area contributed by atoms with Gasteiger partial charge in [-0.1, -0.05) is 36.4 Å². The third-order valence-electron chi connectivity index (χ3n) is 4.49. The molecule has 0 spiro atoms. The van der Waals surface area contributed by atoms with Crippen molar-refractivity contribution in [2.45, 2.75) is 6.54 Å². The molecule has 0 radical (unpaired) electrons. The molecule has 28 heavy (non-hydrogen) atoms. The molecule has 3 heterocycles.